The van der Waals surface area contributed by atoms with Gasteiger partial charge < -0.3 is 9.84 Å². The number of hydrogen-bond acceptors (Lipinski definition) is 5. The molecule has 32 heavy (non-hydrogen) atoms. The maximum Gasteiger partial charge on any atom is 0.343 e. The van der Waals surface area contributed by atoms with Crippen molar-refractivity contribution in [3.63, 3.8) is 0 Å². The summed E-state index contributed by atoms with van der Waals surface area (Å²) in [6.07, 6.45) is -2.11. The Bertz CT molecular complexity index is 1400. The summed E-state index contributed by atoms with van der Waals surface area (Å²) in [6, 6.07) is 6.58. The standard InChI is InChI=1S/C23H22F2N2O4Si/c1-5-23(30)13-9-14-19-16(20(25)27(14)21(28)12(13)10-31-22(23)29)17(24)11-7-6-8-15(18(11)26-19)32(2,3)4/h6-9,20,30H,5,10H2,1-4H3/t20?,23-/m0/s1. The molecule has 0 saturated carbocycles. The van der Waals surface area contributed by atoms with Crippen LogP contribution in [0.4, 0.5) is 8.78 Å². The minimum Gasteiger partial charge on any atom is -0.458 e. The number of cyclic esters (lactones) is 1. The number of rotatable bonds is 2. The Morgan fingerprint density at radius 3 is 2.69 bits per heavy atom. The zero-order valence-corrected chi connectivity index (χ0v) is 19.1. The largest absolute Gasteiger partial charge is 0.458 e. The average Bonchev–Trinajstić information content (AvgIpc) is 3.02. The molecule has 0 radical (unpaired) electrons. The van der Waals surface area contributed by atoms with Gasteiger partial charge in [-0.3, -0.25) is 9.36 Å². The van der Waals surface area contributed by atoms with Gasteiger partial charge >= 0.3 is 5.97 Å². The topological polar surface area (TPSA) is 81.4 Å². The van der Waals surface area contributed by atoms with Crippen LogP contribution < -0.4 is 10.7 Å². The molecule has 6 nitrogen and oxygen atoms in total. The van der Waals surface area contributed by atoms with Crippen molar-refractivity contribution in [2.75, 3.05) is 0 Å². The lowest BCUT2D eigenvalue weighted by Gasteiger charge is -2.31. The Hall–Kier alpha value is -2.91. The van der Waals surface area contributed by atoms with Gasteiger partial charge in [0.05, 0.1) is 36.1 Å². The molecule has 1 unspecified atom stereocenters. The van der Waals surface area contributed by atoms with Crippen molar-refractivity contribution in [3.8, 4) is 11.4 Å². The number of halogens is 2. The van der Waals surface area contributed by atoms with Crippen LogP contribution in [0.15, 0.2) is 29.1 Å². The van der Waals surface area contributed by atoms with E-state index in [1.807, 2.05) is 6.07 Å². The van der Waals surface area contributed by atoms with Gasteiger partial charge in [0.15, 0.2) is 5.60 Å². The Balaban J connectivity index is 1.89. The number of carbonyl (C=O) groups is 1. The van der Waals surface area contributed by atoms with Crippen LogP contribution in [0.2, 0.25) is 19.6 Å². The number of ether oxygens (including phenoxy) is 1. The number of hydrogen-bond donors (Lipinski definition) is 1. The molecule has 0 aliphatic carbocycles. The van der Waals surface area contributed by atoms with Crippen LogP contribution in [-0.2, 0) is 21.7 Å². The molecular weight excluding hydrogens is 434 g/mol. The van der Waals surface area contributed by atoms with E-state index >= 15 is 8.78 Å². The van der Waals surface area contributed by atoms with Crippen LogP contribution in [0.3, 0.4) is 0 Å². The molecular formula is C23H22F2N2O4Si. The first kappa shape index (κ1) is 21.0. The predicted molar refractivity (Wildman–Crippen MR) is 118 cm³/mol. The number of aromatic nitrogens is 2. The molecule has 4 heterocycles. The summed E-state index contributed by atoms with van der Waals surface area (Å²) in [5.41, 5.74) is -2.55. The molecule has 9 heteroatoms. The number of alkyl halides is 1. The van der Waals surface area contributed by atoms with E-state index in [9.17, 15) is 14.7 Å². The number of esters is 1. The summed E-state index contributed by atoms with van der Waals surface area (Å²) < 4.78 is 37.0. The fourth-order valence-corrected chi connectivity index (χ4v) is 6.19. The number of benzene rings is 1. The van der Waals surface area contributed by atoms with E-state index in [1.165, 1.54) is 6.07 Å². The Morgan fingerprint density at radius 2 is 2.03 bits per heavy atom. The van der Waals surface area contributed by atoms with Crippen LogP contribution >= 0.6 is 0 Å². The summed E-state index contributed by atoms with van der Waals surface area (Å²) >= 11 is 0. The lowest BCUT2D eigenvalue weighted by Crippen LogP contribution is -2.44. The highest BCUT2D eigenvalue weighted by atomic mass is 28.3. The zero-order chi connectivity index (χ0) is 23.2. The Kier molecular flexibility index (Phi) is 4.29. The summed E-state index contributed by atoms with van der Waals surface area (Å²) in [4.78, 5) is 30.1. The highest BCUT2D eigenvalue weighted by Crippen LogP contribution is 2.44. The molecule has 1 aromatic carbocycles. The average molecular weight is 457 g/mol. The van der Waals surface area contributed by atoms with Crippen LogP contribution in [0.1, 0.15) is 36.3 Å². The molecule has 0 saturated heterocycles. The van der Waals surface area contributed by atoms with E-state index < -0.39 is 37.3 Å². The third kappa shape index (κ3) is 2.55. The van der Waals surface area contributed by atoms with Crippen molar-refractivity contribution in [2.24, 2.45) is 0 Å². The van der Waals surface area contributed by atoms with Gasteiger partial charge in [-0.15, -0.1) is 0 Å². The summed E-state index contributed by atoms with van der Waals surface area (Å²) in [6.45, 7) is 7.52. The van der Waals surface area contributed by atoms with E-state index in [0.29, 0.717) is 5.52 Å². The normalized spacial score (nSPS) is 21.8. The van der Waals surface area contributed by atoms with Crippen molar-refractivity contribution in [2.45, 2.75) is 51.5 Å². The van der Waals surface area contributed by atoms with E-state index in [0.717, 1.165) is 9.75 Å². The van der Waals surface area contributed by atoms with Crippen LogP contribution in [0.5, 0.6) is 0 Å². The lowest BCUT2D eigenvalue weighted by atomic mass is 9.86. The van der Waals surface area contributed by atoms with Gasteiger partial charge in [-0.2, -0.15) is 0 Å². The SMILES string of the molecule is CC[C@@]1(O)C(=O)OCc2c1cc1n(c2=O)C(F)c2c-1nc1c([Si](C)(C)C)cccc1c2F. The number of para-hydroxylation sites is 1. The van der Waals surface area contributed by atoms with Crippen molar-refractivity contribution in [1.29, 1.82) is 0 Å². The molecule has 2 aromatic heterocycles. The monoisotopic (exact) mass is 456 g/mol. The fourth-order valence-electron chi connectivity index (χ4n) is 4.69. The number of fused-ring (bicyclic) bond motifs is 5. The maximum absolute atomic E-state index is 15.6. The molecule has 166 valence electrons. The van der Waals surface area contributed by atoms with Crippen molar-refractivity contribution in [1.82, 2.24) is 9.55 Å². The van der Waals surface area contributed by atoms with Gasteiger partial charge in [0.25, 0.3) is 5.56 Å². The van der Waals surface area contributed by atoms with Crippen molar-refractivity contribution < 1.29 is 23.4 Å². The molecule has 0 amide bonds. The molecule has 2 atom stereocenters. The van der Waals surface area contributed by atoms with Crippen molar-refractivity contribution >= 4 is 30.1 Å². The summed E-state index contributed by atoms with van der Waals surface area (Å²) in [5, 5.41) is 12.1. The van der Waals surface area contributed by atoms with E-state index in [4.69, 9.17) is 4.74 Å². The first-order valence-electron chi connectivity index (χ1n) is 10.5. The smallest absolute Gasteiger partial charge is 0.343 e. The highest BCUT2D eigenvalue weighted by Gasteiger charge is 2.47. The molecule has 0 spiro atoms. The zero-order valence-electron chi connectivity index (χ0n) is 18.1. The minimum atomic E-state index is -2.07. The second-order valence-corrected chi connectivity index (χ2v) is 14.4. The van der Waals surface area contributed by atoms with Crippen LogP contribution in [0, 0.1) is 5.82 Å². The second-order valence-electron chi connectivity index (χ2n) is 9.36. The Morgan fingerprint density at radius 1 is 1.31 bits per heavy atom. The molecule has 3 aromatic rings. The Labute approximate surface area is 183 Å². The van der Waals surface area contributed by atoms with Crippen LogP contribution in [0.25, 0.3) is 22.3 Å². The third-order valence-electron chi connectivity index (χ3n) is 6.49. The number of nitrogens with zero attached hydrogens (tertiary/aromatic N) is 2. The van der Waals surface area contributed by atoms with Gasteiger partial charge in [-0.1, -0.05) is 38.7 Å². The molecule has 2 aliphatic rings. The van der Waals surface area contributed by atoms with E-state index in [2.05, 4.69) is 24.6 Å². The molecule has 0 fully saturated rings. The number of aliphatic hydroxyl groups is 1. The van der Waals surface area contributed by atoms with Gasteiger partial charge in [0.1, 0.15) is 12.4 Å². The quantitative estimate of drug-likeness (QED) is 0.473. The van der Waals surface area contributed by atoms with Gasteiger partial charge in [-0.05, 0) is 23.7 Å². The fraction of sp³-hybridized carbons (Fsp3) is 0.348. The molecule has 0 bridgehead atoms. The molecule has 5 rings (SSSR count). The summed E-state index contributed by atoms with van der Waals surface area (Å²) in [5.74, 6) is -1.62. The van der Waals surface area contributed by atoms with Crippen LogP contribution in [-0.4, -0.2) is 28.7 Å². The lowest BCUT2D eigenvalue weighted by molar-refractivity contribution is -0.172. The maximum atomic E-state index is 15.6. The predicted octanol–water partition coefficient (Wildman–Crippen LogP) is 3.23. The number of carbonyl (C=O) groups excluding carboxylic acids is 1. The van der Waals surface area contributed by atoms with Crippen molar-refractivity contribution in [3.05, 3.63) is 57.1 Å². The summed E-state index contributed by atoms with van der Waals surface area (Å²) in [7, 11) is -1.93. The third-order valence-corrected chi connectivity index (χ3v) is 8.51. The van der Waals surface area contributed by atoms with E-state index in [1.54, 1.807) is 19.1 Å². The van der Waals surface area contributed by atoms with Gasteiger partial charge in [-0.25, -0.2) is 18.6 Å². The first-order valence-corrected chi connectivity index (χ1v) is 14.0. The van der Waals surface area contributed by atoms with E-state index in [-0.39, 0.29) is 46.5 Å². The second kappa shape index (κ2) is 6.55. The minimum absolute atomic E-state index is 0.0130. The molecule has 2 aliphatic heterocycles. The molecule has 1 N–H and O–H groups in total. The highest BCUT2D eigenvalue weighted by molar-refractivity contribution is 6.90. The number of pyridine rings is 2. The van der Waals surface area contributed by atoms with Gasteiger partial charge in [0, 0.05) is 10.9 Å². The first-order chi connectivity index (χ1) is 15.0. The van der Waals surface area contributed by atoms with Gasteiger partial charge in [0.2, 0.25) is 6.30 Å².